The Hall–Kier alpha value is -1.55. The Bertz CT molecular complexity index is 385. The van der Waals surface area contributed by atoms with Gasteiger partial charge in [-0.2, -0.15) is 0 Å². The molecule has 18 heavy (non-hydrogen) atoms. The molecule has 4 heteroatoms. The average Bonchev–Trinajstić information content (AvgIpc) is 2.90. The molecule has 0 amide bonds. The van der Waals surface area contributed by atoms with Crippen LogP contribution in [0.1, 0.15) is 37.3 Å². The third-order valence-corrected chi connectivity index (χ3v) is 3.35. The molecule has 4 nitrogen and oxygen atoms in total. The summed E-state index contributed by atoms with van der Waals surface area (Å²) in [5.41, 5.74) is 6.91. The molecule has 1 aliphatic rings. The minimum absolute atomic E-state index is 0.00486. The number of nitrogens with two attached hydrogens (primary N) is 1. The van der Waals surface area contributed by atoms with E-state index in [2.05, 4.69) is 10.3 Å². The normalized spacial score (nSPS) is 18.8. The molecule has 1 fully saturated rings. The fourth-order valence-corrected chi connectivity index (χ4v) is 2.37. The molecule has 98 valence electrons. The molecule has 0 aliphatic heterocycles. The van der Waals surface area contributed by atoms with Crippen LogP contribution in [0.2, 0.25) is 0 Å². The van der Waals surface area contributed by atoms with Crippen molar-refractivity contribution in [2.75, 3.05) is 6.61 Å². The van der Waals surface area contributed by atoms with E-state index in [4.69, 9.17) is 5.73 Å². The number of hydrogen-bond donors (Lipinski definition) is 3. The van der Waals surface area contributed by atoms with Crippen LogP contribution < -0.4 is 11.1 Å². The average molecular weight is 247 g/mol. The van der Waals surface area contributed by atoms with Crippen LogP contribution >= 0.6 is 0 Å². The lowest BCUT2D eigenvalue weighted by Gasteiger charge is -2.18. The third-order valence-electron chi connectivity index (χ3n) is 3.35. The Kier molecular flexibility index (Phi) is 4.59. The van der Waals surface area contributed by atoms with Gasteiger partial charge in [0.15, 0.2) is 5.96 Å². The second-order valence-corrected chi connectivity index (χ2v) is 4.74. The lowest BCUT2D eigenvalue weighted by atomic mass is 10.1. The van der Waals surface area contributed by atoms with Crippen LogP contribution in [0.3, 0.4) is 0 Å². The first-order chi connectivity index (χ1) is 8.79. The molecule has 4 N–H and O–H groups in total. The minimum atomic E-state index is -0.184. The van der Waals surface area contributed by atoms with Crippen molar-refractivity contribution in [1.29, 1.82) is 0 Å². The monoisotopic (exact) mass is 247 g/mol. The predicted octanol–water partition coefficient (Wildman–Crippen LogP) is 1.57. The Labute approximate surface area is 108 Å². The van der Waals surface area contributed by atoms with E-state index in [0.717, 1.165) is 18.4 Å². The summed E-state index contributed by atoms with van der Waals surface area (Å²) in [4.78, 5) is 4.46. The van der Waals surface area contributed by atoms with Gasteiger partial charge < -0.3 is 16.2 Å². The number of hydrogen-bond acceptors (Lipinski definition) is 2. The Morgan fingerprint density at radius 3 is 2.61 bits per heavy atom. The molecule has 0 spiro atoms. The van der Waals surface area contributed by atoms with Gasteiger partial charge in [-0.25, -0.2) is 0 Å². The first kappa shape index (κ1) is 12.9. The van der Waals surface area contributed by atoms with Crippen molar-refractivity contribution in [3.63, 3.8) is 0 Å². The number of aliphatic imine (C=N–C) groups is 1. The first-order valence-corrected chi connectivity index (χ1v) is 6.55. The van der Waals surface area contributed by atoms with Gasteiger partial charge in [-0.3, -0.25) is 4.99 Å². The van der Waals surface area contributed by atoms with Crippen LogP contribution in [-0.4, -0.2) is 23.7 Å². The summed E-state index contributed by atoms with van der Waals surface area (Å²) in [6.07, 6.45) is 4.72. The Morgan fingerprint density at radius 2 is 2.00 bits per heavy atom. The summed E-state index contributed by atoms with van der Waals surface area (Å²) < 4.78 is 0. The Balaban J connectivity index is 1.97. The van der Waals surface area contributed by atoms with E-state index in [1.54, 1.807) is 0 Å². The van der Waals surface area contributed by atoms with Gasteiger partial charge in [0.2, 0.25) is 0 Å². The smallest absolute Gasteiger partial charge is 0.189 e. The van der Waals surface area contributed by atoms with Crippen LogP contribution in [0, 0.1) is 0 Å². The summed E-state index contributed by atoms with van der Waals surface area (Å²) in [6.45, 7) is 0.00486. The maximum atomic E-state index is 9.42. The van der Waals surface area contributed by atoms with Gasteiger partial charge in [0.1, 0.15) is 0 Å². The number of guanidine groups is 1. The molecule has 0 radical (unpaired) electrons. The van der Waals surface area contributed by atoms with E-state index in [9.17, 15) is 5.11 Å². The van der Waals surface area contributed by atoms with E-state index < -0.39 is 0 Å². The van der Waals surface area contributed by atoms with Gasteiger partial charge in [-0.1, -0.05) is 43.2 Å². The number of benzene rings is 1. The van der Waals surface area contributed by atoms with Crippen molar-refractivity contribution in [2.24, 2.45) is 10.7 Å². The van der Waals surface area contributed by atoms with Gasteiger partial charge >= 0.3 is 0 Å². The van der Waals surface area contributed by atoms with Gasteiger partial charge in [0, 0.05) is 0 Å². The summed E-state index contributed by atoms with van der Waals surface area (Å²) in [6, 6.07) is 9.96. The van der Waals surface area contributed by atoms with Crippen molar-refractivity contribution in [3.8, 4) is 0 Å². The number of nitrogens with one attached hydrogen (secondary N) is 1. The molecule has 1 aliphatic carbocycles. The maximum absolute atomic E-state index is 9.42. The van der Waals surface area contributed by atoms with Gasteiger partial charge in [-0.05, 0) is 18.4 Å². The van der Waals surface area contributed by atoms with E-state index >= 15 is 0 Å². The molecule has 0 heterocycles. The van der Waals surface area contributed by atoms with Crippen molar-refractivity contribution in [1.82, 2.24) is 5.32 Å². The lowest BCUT2D eigenvalue weighted by Crippen LogP contribution is -2.37. The molecule has 1 saturated carbocycles. The number of aliphatic hydroxyl groups is 1. The van der Waals surface area contributed by atoms with E-state index in [1.807, 2.05) is 30.3 Å². The first-order valence-electron chi connectivity index (χ1n) is 6.55. The molecule has 1 aromatic carbocycles. The van der Waals surface area contributed by atoms with E-state index in [0.29, 0.717) is 12.0 Å². The van der Waals surface area contributed by atoms with Crippen LogP contribution in [0.15, 0.2) is 35.3 Å². The van der Waals surface area contributed by atoms with Crippen LogP contribution in [0.5, 0.6) is 0 Å². The largest absolute Gasteiger partial charge is 0.394 e. The molecule has 1 atom stereocenters. The SMILES string of the molecule is NC(=NC1CCCC1)NC(CO)c1ccccc1. The van der Waals surface area contributed by atoms with Gasteiger partial charge in [0.05, 0.1) is 18.7 Å². The zero-order valence-electron chi connectivity index (χ0n) is 10.5. The molecule has 1 unspecified atom stereocenters. The zero-order chi connectivity index (χ0) is 12.8. The minimum Gasteiger partial charge on any atom is -0.394 e. The molecular formula is C14H21N3O. The highest BCUT2D eigenvalue weighted by Gasteiger charge is 2.15. The topological polar surface area (TPSA) is 70.6 Å². The second kappa shape index (κ2) is 6.40. The van der Waals surface area contributed by atoms with Crippen molar-refractivity contribution >= 4 is 5.96 Å². The number of aliphatic hydroxyl groups excluding tert-OH is 1. The van der Waals surface area contributed by atoms with Crippen LogP contribution in [-0.2, 0) is 0 Å². The van der Waals surface area contributed by atoms with E-state index in [1.165, 1.54) is 12.8 Å². The Morgan fingerprint density at radius 1 is 1.33 bits per heavy atom. The molecule has 0 bridgehead atoms. The van der Waals surface area contributed by atoms with Crippen LogP contribution in [0.4, 0.5) is 0 Å². The highest BCUT2D eigenvalue weighted by atomic mass is 16.3. The number of rotatable bonds is 4. The van der Waals surface area contributed by atoms with Crippen molar-refractivity contribution in [3.05, 3.63) is 35.9 Å². The fourth-order valence-electron chi connectivity index (χ4n) is 2.37. The lowest BCUT2D eigenvalue weighted by molar-refractivity contribution is 0.257. The van der Waals surface area contributed by atoms with Gasteiger partial charge in [0.25, 0.3) is 0 Å². The fraction of sp³-hybridized carbons (Fsp3) is 0.500. The van der Waals surface area contributed by atoms with Gasteiger partial charge in [-0.15, -0.1) is 0 Å². The summed E-state index contributed by atoms with van der Waals surface area (Å²) in [5.74, 6) is 0.435. The molecule has 0 saturated heterocycles. The summed E-state index contributed by atoms with van der Waals surface area (Å²) in [7, 11) is 0. The quantitative estimate of drug-likeness (QED) is 0.558. The molecule has 2 rings (SSSR count). The summed E-state index contributed by atoms with van der Waals surface area (Å²) in [5, 5.41) is 12.5. The summed E-state index contributed by atoms with van der Waals surface area (Å²) >= 11 is 0. The highest BCUT2D eigenvalue weighted by Crippen LogP contribution is 2.20. The van der Waals surface area contributed by atoms with E-state index in [-0.39, 0.29) is 12.6 Å². The molecule has 0 aromatic heterocycles. The zero-order valence-corrected chi connectivity index (χ0v) is 10.5. The van der Waals surface area contributed by atoms with Crippen molar-refractivity contribution < 1.29 is 5.11 Å². The van der Waals surface area contributed by atoms with Crippen molar-refractivity contribution in [2.45, 2.75) is 37.8 Å². The molecular weight excluding hydrogens is 226 g/mol. The van der Waals surface area contributed by atoms with Crippen LogP contribution in [0.25, 0.3) is 0 Å². The predicted molar refractivity (Wildman–Crippen MR) is 73.3 cm³/mol. The maximum Gasteiger partial charge on any atom is 0.189 e. The molecule has 1 aromatic rings. The third kappa shape index (κ3) is 3.47. The highest BCUT2D eigenvalue weighted by molar-refractivity contribution is 5.78. The number of nitrogens with zero attached hydrogens (tertiary/aromatic N) is 1. The standard InChI is InChI=1S/C14H21N3O/c15-14(16-12-8-4-5-9-12)17-13(10-18)11-6-2-1-3-7-11/h1-3,6-7,12-13,18H,4-5,8-10H2,(H3,15,16,17). The second-order valence-electron chi connectivity index (χ2n) is 4.74.